The number of nitrogens with zero attached hydrogens (tertiary/aromatic N) is 2. The van der Waals surface area contributed by atoms with E-state index in [2.05, 4.69) is 21.1 Å². The fourth-order valence-electron chi connectivity index (χ4n) is 5.81. The Balaban J connectivity index is 1.61. The Morgan fingerprint density at radius 2 is 1.91 bits per heavy atom. The summed E-state index contributed by atoms with van der Waals surface area (Å²) in [7, 11) is 0. The van der Waals surface area contributed by atoms with Gasteiger partial charge in [0.15, 0.2) is 5.69 Å². The predicted molar refractivity (Wildman–Crippen MR) is 160 cm³/mol. The van der Waals surface area contributed by atoms with Crippen LogP contribution in [0, 0.1) is 18.8 Å². The molecule has 12 heteroatoms. The molecule has 1 aromatic heterocycles. The third-order valence-corrected chi connectivity index (χ3v) is 8.04. The Kier molecular flexibility index (Phi) is 10.9. The monoisotopic (exact) mass is 607 g/mol. The van der Waals surface area contributed by atoms with Crippen molar-refractivity contribution in [1.29, 1.82) is 0 Å². The van der Waals surface area contributed by atoms with Gasteiger partial charge in [-0.25, -0.2) is 4.79 Å². The Morgan fingerprint density at radius 3 is 2.52 bits per heavy atom. The molecule has 0 spiro atoms. The number of carbonyl (C=O) groups is 5. The molecule has 5 atom stereocenters. The summed E-state index contributed by atoms with van der Waals surface area (Å²) in [5, 5.41) is 12.4. The predicted octanol–water partition coefficient (Wildman–Crippen LogP) is 2.25. The molecular formula is C32H41N5O7. The van der Waals surface area contributed by atoms with Crippen molar-refractivity contribution < 1.29 is 33.2 Å². The van der Waals surface area contributed by atoms with Gasteiger partial charge >= 0.3 is 5.97 Å². The summed E-state index contributed by atoms with van der Waals surface area (Å²) in [4.78, 5) is 67.2. The number of benzene rings is 1. The highest BCUT2D eigenvalue weighted by Gasteiger charge is 2.45. The molecule has 4 rings (SSSR count). The number of hydrogen-bond donors (Lipinski definition) is 3. The molecule has 44 heavy (non-hydrogen) atoms. The lowest BCUT2D eigenvalue weighted by Gasteiger charge is -2.33. The first-order valence-corrected chi connectivity index (χ1v) is 15.1. The quantitative estimate of drug-likeness (QED) is 0.245. The number of carbonyl (C=O) groups excluding carboxylic acids is 5. The lowest BCUT2D eigenvalue weighted by atomic mass is 9.90. The zero-order valence-electron chi connectivity index (χ0n) is 25.6. The number of nitrogens with one attached hydrogen (secondary N) is 3. The number of esters is 1. The third kappa shape index (κ3) is 7.91. The van der Waals surface area contributed by atoms with E-state index < -0.39 is 35.9 Å². The fraction of sp³-hybridized carbons (Fsp3) is 0.500. The van der Waals surface area contributed by atoms with Crippen LogP contribution in [0.1, 0.15) is 67.8 Å². The molecule has 4 amide bonds. The summed E-state index contributed by atoms with van der Waals surface area (Å²) in [6.45, 7) is 8.05. The van der Waals surface area contributed by atoms with Gasteiger partial charge in [0.1, 0.15) is 17.8 Å². The van der Waals surface area contributed by atoms with Gasteiger partial charge in [0, 0.05) is 43.1 Å². The summed E-state index contributed by atoms with van der Waals surface area (Å²) >= 11 is 0. The number of hydrogen-bond acceptors (Lipinski definition) is 8. The van der Waals surface area contributed by atoms with Gasteiger partial charge in [0.2, 0.25) is 17.7 Å². The van der Waals surface area contributed by atoms with Crippen molar-refractivity contribution in [1.82, 2.24) is 26.0 Å². The van der Waals surface area contributed by atoms with E-state index in [1.54, 1.807) is 13.8 Å². The molecule has 236 valence electrons. The van der Waals surface area contributed by atoms with Crippen LogP contribution in [-0.4, -0.2) is 77.5 Å². The largest absolute Gasteiger partial charge is 0.463 e. The van der Waals surface area contributed by atoms with Crippen LogP contribution >= 0.6 is 0 Å². The van der Waals surface area contributed by atoms with Gasteiger partial charge in [0.05, 0.1) is 6.61 Å². The molecule has 0 saturated carbocycles. The molecule has 3 N–H and O–H groups in total. The van der Waals surface area contributed by atoms with Crippen LogP contribution in [0.3, 0.4) is 0 Å². The molecule has 2 fully saturated rings. The molecule has 12 nitrogen and oxygen atoms in total. The van der Waals surface area contributed by atoms with Crippen LogP contribution < -0.4 is 16.0 Å². The molecule has 2 aliphatic heterocycles. The van der Waals surface area contributed by atoms with E-state index in [0.717, 1.165) is 5.56 Å². The second-order valence-electron chi connectivity index (χ2n) is 11.5. The van der Waals surface area contributed by atoms with Crippen molar-refractivity contribution in [2.75, 3.05) is 19.7 Å². The summed E-state index contributed by atoms with van der Waals surface area (Å²) in [5.74, 6) is -2.49. The van der Waals surface area contributed by atoms with Crippen LogP contribution in [0.5, 0.6) is 0 Å². The van der Waals surface area contributed by atoms with Crippen LogP contribution in [0.2, 0.25) is 0 Å². The van der Waals surface area contributed by atoms with Gasteiger partial charge in [-0.3, -0.25) is 19.2 Å². The molecule has 0 radical (unpaired) electrons. The van der Waals surface area contributed by atoms with Gasteiger partial charge < -0.3 is 30.1 Å². The number of aromatic nitrogens is 1. The maximum absolute atomic E-state index is 14.2. The SMILES string of the molecule is CCOC(=O)C=C[C@H](C[C@@H]1CCNC1=O)NC(=O)[C@@H]1[C@@H](c2ccccc2)CCN1C(=O)[C@@H](NC(=O)c1cc(C)on1)C(C)C. The number of amides is 4. The van der Waals surface area contributed by atoms with Crippen molar-refractivity contribution in [3.8, 4) is 0 Å². The van der Waals surface area contributed by atoms with Gasteiger partial charge in [-0.2, -0.15) is 0 Å². The van der Waals surface area contributed by atoms with Crippen LogP contribution in [-0.2, 0) is 23.9 Å². The zero-order chi connectivity index (χ0) is 31.8. The lowest BCUT2D eigenvalue weighted by Crippen LogP contribution is -2.57. The Hall–Kier alpha value is -4.48. The molecule has 3 heterocycles. The molecule has 0 aliphatic carbocycles. The molecule has 2 aliphatic rings. The molecular weight excluding hydrogens is 566 g/mol. The van der Waals surface area contributed by atoms with Crippen LogP contribution in [0.15, 0.2) is 53.1 Å². The first-order valence-electron chi connectivity index (χ1n) is 15.1. The Labute approximate surface area is 256 Å². The highest BCUT2D eigenvalue weighted by molar-refractivity contribution is 5.98. The average molecular weight is 608 g/mol. The number of rotatable bonds is 12. The minimum absolute atomic E-state index is 0.0611. The highest BCUT2D eigenvalue weighted by Crippen LogP contribution is 2.35. The van der Waals surface area contributed by atoms with E-state index in [9.17, 15) is 24.0 Å². The Morgan fingerprint density at radius 1 is 1.16 bits per heavy atom. The summed E-state index contributed by atoms with van der Waals surface area (Å²) in [6, 6.07) is 8.51. The summed E-state index contributed by atoms with van der Waals surface area (Å²) in [5.41, 5.74) is 0.964. The van der Waals surface area contributed by atoms with Crippen molar-refractivity contribution >= 4 is 29.6 Å². The summed E-state index contributed by atoms with van der Waals surface area (Å²) < 4.78 is 10.0. The maximum atomic E-state index is 14.2. The van der Waals surface area contributed by atoms with Crippen molar-refractivity contribution in [2.24, 2.45) is 11.8 Å². The van der Waals surface area contributed by atoms with E-state index in [0.29, 0.717) is 31.7 Å². The molecule has 2 saturated heterocycles. The van der Waals surface area contributed by atoms with E-state index in [1.165, 1.54) is 23.1 Å². The average Bonchev–Trinajstić information content (AvgIpc) is 3.74. The Bertz CT molecular complexity index is 1370. The topological polar surface area (TPSA) is 160 Å². The lowest BCUT2D eigenvalue weighted by molar-refractivity contribution is -0.141. The number of aryl methyl sites for hydroxylation is 1. The fourth-order valence-corrected chi connectivity index (χ4v) is 5.81. The molecule has 1 aromatic carbocycles. The number of likely N-dealkylation sites (tertiary alicyclic amines) is 1. The van der Waals surface area contributed by atoms with E-state index in [4.69, 9.17) is 9.26 Å². The molecule has 0 unspecified atom stereocenters. The second-order valence-corrected chi connectivity index (χ2v) is 11.5. The van der Waals surface area contributed by atoms with E-state index >= 15 is 0 Å². The van der Waals surface area contributed by atoms with Gasteiger partial charge in [-0.15, -0.1) is 0 Å². The minimum atomic E-state index is -0.925. The van der Waals surface area contributed by atoms with Gasteiger partial charge in [-0.1, -0.05) is 55.4 Å². The summed E-state index contributed by atoms with van der Waals surface area (Å²) in [6.07, 6.45) is 4.22. The van der Waals surface area contributed by atoms with Crippen molar-refractivity contribution in [3.05, 3.63) is 65.6 Å². The first-order chi connectivity index (χ1) is 21.1. The minimum Gasteiger partial charge on any atom is -0.463 e. The van der Waals surface area contributed by atoms with Gasteiger partial charge in [-0.05, 0) is 44.6 Å². The standard InChI is InChI=1S/C32H41N5O7/c1-5-43-26(38)12-11-23(18-22-13-15-33-29(22)39)34-31(41)28-24(21-9-7-6-8-10-21)14-16-37(28)32(42)27(19(2)3)35-30(40)25-17-20(4)44-36-25/h6-12,17,19,22-24,27-28H,5,13-16,18H2,1-4H3,(H,33,39)(H,34,41)(H,35,40)/t22-,23+,24+,27-,28-/m0/s1. The smallest absolute Gasteiger partial charge is 0.330 e. The van der Waals surface area contributed by atoms with E-state index in [1.807, 2.05) is 44.2 Å². The molecule has 0 bridgehead atoms. The van der Waals surface area contributed by atoms with E-state index in [-0.39, 0.29) is 48.3 Å². The molecule has 2 aromatic rings. The first kappa shape index (κ1) is 32.4. The van der Waals surface area contributed by atoms with Crippen LogP contribution in [0.4, 0.5) is 0 Å². The zero-order valence-corrected chi connectivity index (χ0v) is 25.6. The second kappa shape index (κ2) is 14.8. The highest BCUT2D eigenvalue weighted by atomic mass is 16.5. The normalized spacial score (nSPS) is 21.2. The van der Waals surface area contributed by atoms with Crippen LogP contribution in [0.25, 0.3) is 0 Å². The van der Waals surface area contributed by atoms with Crippen molar-refractivity contribution in [3.63, 3.8) is 0 Å². The number of ether oxygens (including phenoxy) is 1. The third-order valence-electron chi connectivity index (χ3n) is 8.04. The maximum Gasteiger partial charge on any atom is 0.330 e. The van der Waals surface area contributed by atoms with Gasteiger partial charge in [0.25, 0.3) is 5.91 Å². The van der Waals surface area contributed by atoms with Crippen molar-refractivity contribution in [2.45, 2.75) is 71.0 Å².